The van der Waals surface area contributed by atoms with Crippen LogP contribution in [0.3, 0.4) is 0 Å². The van der Waals surface area contributed by atoms with Gasteiger partial charge in [0.1, 0.15) is 5.82 Å². The second-order valence-electron chi connectivity index (χ2n) is 4.15. The summed E-state index contributed by atoms with van der Waals surface area (Å²) >= 11 is 0. The van der Waals surface area contributed by atoms with Crippen LogP contribution in [0.5, 0.6) is 0 Å². The van der Waals surface area contributed by atoms with Gasteiger partial charge in [0.2, 0.25) is 6.41 Å². The molecule has 19 heavy (non-hydrogen) atoms. The number of para-hydroxylation sites is 1. The molecule has 3 nitrogen and oxygen atoms in total. The van der Waals surface area contributed by atoms with E-state index in [9.17, 15) is 9.18 Å². The summed E-state index contributed by atoms with van der Waals surface area (Å²) in [5.74, 6) is -0.374. The summed E-state index contributed by atoms with van der Waals surface area (Å²) in [6.07, 6.45) is 2.45. The van der Waals surface area contributed by atoms with Gasteiger partial charge < -0.3 is 0 Å². The van der Waals surface area contributed by atoms with Gasteiger partial charge in [-0.25, -0.2) is 9.40 Å². The predicted molar refractivity (Wildman–Crippen MR) is 72.3 cm³/mol. The van der Waals surface area contributed by atoms with E-state index in [1.807, 2.05) is 30.3 Å². The van der Waals surface area contributed by atoms with Gasteiger partial charge in [-0.3, -0.25) is 9.47 Å². The van der Waals surface area contributed by atoms with Crippen molar-refractivity contribution in [1.29, 1.82) is 0 Å². The van der Waals surface area contributed by atoms with Crippen molar-refractivity contribution in [3.8, 4) is 0 Å². The molecule has 0 atom stereocenters. The van der Waals surface area contributed by atoms with Crippen LogP contribution >= 0.6 is 0 Å². The van der Waals surface area contributed by atoms with E-state index >= 15 is 0 Å². The average Bonchev–Trinajstić information content (AvgIpc) is 2.84. The van der Waals surface area contributed by atoms with Crippen molar-refractivity contribution in [2.24, 2.45) is 0 Å². The SMILES string of the molecule is O=CN(c1cccc(F)c1)n1ccc2ccccc21. The zero-order valence-corrected chi connectivity index (χ0v) is 10.0. The number of aromatic nitrogens is 1. The average molecular weight is 254 g/mol. The standard InChI is InChI=1S/C15H11FN2O/c16-13-5-3-6-14(10-13)18(11-19)17-9-8-12-4-1-2-7-15(12)17/h1-11H. The van der Waals surface area contributed by atoms with Gasteiger partial charge in [-0.15, -0.1) is 0 Å². The Balaban J connectivity index is 2.15. The fourth-order valence-corrected chi connectivity index (χ4v) is 2.11. The highest BCUT2D eigenvalue weighted by Crippen LogP contribution is 2.21. The third-order valence-corrected chi connectivity index (χ3v) is 2.98. The van der Waals surface area contributed by atoms with Gasteiger partial charge in [0.05, 0.1) is 11.2 Å². The van der Waals surface area contributed by atoms with Crippen LogP contribution in [0.2, 0.25) is 0 Å². The molecule has 0 radical (unpaired) electrons. The molecule has 0 saturated heterocycles. The van der Waals surface area contributed by atoms with Crippen molar-refractivity contribution in [1.82, 2.24) is 4.68 Å². The summed E-state index contributed by atoms with van der Waals surface area (Å²) in [5, 5.41) is 2.39. The smallest absolute Gasteiger partial charge is 0.233 e. The summed E-state index contributed by atoms with van der Waals surface area (Å²) in [7, 11) is 0. The lowest BCUT2D eigenvalue weighted by molar-refractivity contribution is -0.107. The molecule has 0 spiro atoms. The molecule has 0 aliphatic rings. The van der Waals surface area contributed by atoms with Crippen molar-refractivity contribution in [2.45, 2.75) is 0 Å². The molecule has 1 heterocycles. The number of hydrogen-bond donors (Lipinski definition) is 0. The van der Waals surface area contributed by atoms with Crippen LogP contribution in [-0.4, -0.2) is 11.1 Å². The molecule has 4 heteroatoms. The number of rotatable bonds is 3. The van der Waals surface area contributed by atoms with Gasteiger partial charge in [-0.05, 0) is 30.3 Å². The highest BCUT2D eigenvalue weighted by atomic mass is 19.1. The maximum atomic E-state index is 13.3. The minimum atomic E-state index is -0.374. The highest BCUT2D eigenvalue weighted by Gasteiger charge is 2.10. The first-order valence-corrected chi connectivity index (χ1v) is 5.86. The maximum Gasteiger partial charge on any atom is 0.233 e. The van der Waals surface area contributed by atoms with Crippen LogP contribution in [0.1, 0.15) is 0 Å². The first kappa shape index (κ1) is 11.5. The number of benzene rings is 2. The van der Waals surface area contributed by atoms with Crippen molar-refractivity contribution in [3.63, 3.8) is 0 Å². The molecule has 1 amide bonds. The lowest BCUT2D eigenvalue weighted by Gasteiger charge is -2.20. The Morgan fingerprint density at radius 2 is 1.89 bits per heavy atom. The second-order valence-corrected chi connectivity index (χ2v) is 4.15. The normalized spacial score (nSPS) is 10.6. The fraction of sp³-hybridized carbons (Fsp3) is 0. The minimum Gasteiger partial charge on any atom is -0.276 e. The van der Waals surface area contributed by atoms with Gasteiger partial charge in [0.25, 0.3) is 0 Å². The lowest BCUT2D eigenvalue weighted by Crippen LogP contribution is -2.26. The number of hydrogen-bond acceptors (Lipinski definition) is 1. The number of carbonyl (C=O) groups is 1. The number of anilines is 1. The third kappa shape index (κ3) is 1.97. The van der Waals surface area contributed by atoms with E-state index in [2.05, 4.69) is 0 Å². The molecule has 3 rings (SSSR count). The first-order valence-electron chi connectivity index (χ1n) is 5.86. The molecule has 0 aliphatic heterocycles. The Bertz CT molecular complexity index is 736. The molecule has 0 bridgehead atoms. The van der Waals surface area contributed by atoms with Crippen LogP contribution in [-0.2, 0) is 4.79 Å². The molecular weight excluding hydrogens is 243 g/mol. The Hall–Kier alpha value is -2.62. The van der Waals surface area contributed by atoms with Crippen molar-refractivity contribution in [3.05, 3.63) is 66.6 Å². The molecule has 3 aromatic rings. The van der Waals surface area contributed by atoms with E-state index in [4.69, 9.17) is 0 Å². The molecule has 0 fully saturated rings. The first-order chi connectivity index (χ1) is 9.29. The molecule has 94 valence electrons. The molecule has 0 N–H and O–H groups in total. The van der Waals surface area contributed by atoms with Gasteiger partial charge >= 0.3 is 0 Å². The molecule has 2 aromatic carbocycles. The third-order valence-electron chi connectivity index (χ3n) is 2.98. The second kappa shape index (κ2) is 4.57. The summed E-state index contributed by atoms with van der Waals surface area (Å²) in [4.78, 5) is 11.3. The van der Waals surface area contributed by atoms with E-state index in [0.717, 1.165) is 10.9 Å². The van der Waals surface area contributed by atoms with Crippen LogP contribution < -0.4 is 5.01 Å². The quantitative estimate of drug-likeness (QED) is 0.659. The number of carbonyl (C=O) groups excluding carboxylic acids is 1. The van der Waals surface area contributed by atoms with Gasteiger partial charge in [0.15, 0.2) is 0 Å². The Morgan fingerprint density at radius 3 is 2.68 bits per heavy atom. The largest absolute Gasteiger partial charge is 0.276 e. The highest BCUT2D eigenvalue weighted by molar-refractivity contribution is 5.84. The zero-order valence-electron chi connectivity index (χ0n) is 10.0. The number of amides is 1. The Labute approximate surface area is 109 Å². The summed E-state index contributed by atoms with van der Waals surface area (Å²) < 4.78 is 15.0. The predicted octanol–water partition coefficient (Wildman–Crippen LogP) is 3.21. The minimum absolute atomic E-state index is 0.374. The summed E-state index contributed by atoms with van der Waals surface area (Å²) in [5.41, 5.74) is 1.37. The van der Waals surface area contributed by atoms with E-state index in [-0.39, 0.29) is 5.82 Å². The van der Waals surface area contributed by atoms with Crippen LogP contribution in [0.25, 0.3) is 10.9 Å². The number of nitrogens with zero attached hydrogens (tertiary/aromatic N) is 2. The number of halogens is 1. The Kier molecular flexibility index (Phi) is 2.76. The van der Waals surface area contributed by atoms with Crippen LogP contribution in [0.4, 0.5) is 10.1 Å². The van der Waals surface area contributed by atoms with Gasteiger partial charge in [-0.2, -0.15) is 0 Å². The Morgan fingerprint density at radius 1 is 1.05 bits per heavy atom. The molecular formula is C15H11FN2O. The van der Waals surface area contributed by atoms with E-state index < -0.39 is 0 Å². The lowest BCUT2D eigenvalue weighted by atomic mass is 10.2. The maximum absolute atomic E-state index is 13.3. The van der Waals surface area contributed by atoms with E-state index in [1.165, 1.54) is 17.1 Å². The zero-order chi connectivity index (χ0) is 13.2. The van der Waals surface area contributed by atoms with Crippen molar-refractivity contribution >= 4 is 23.0 Å². The summed E-state index contributed by atoms with van der Waals surface area (Å²) in [6, 6.07) is 15.5. The molecule has 0 unspecified atom stereocenters. The molecule has 0 saturated carbocycles. The fourth-order valence-electron chi connectivity index (χ4n) is 2.11. The van der Waals surface area contributed by atoms with Gasteiger partial charge in [-0.1, -0.05) is 24.3 Å². The van der Waals surface area contributed by atoms with Crippen molar-refractivity contribution < 1.29 is 9.18 Å². The molecule has 0 aliphatic carbocycles. The topological polar surface area (TPSA) is 25.2 Å². The number of fused-ring (bicyclic) bond motifs is 1. The summed E-state index contributed by atoms with van der Waals surface area (Å²) in [6.45, 7) is 0. The van der Waals surface area contributed by atoms with E-state index in [1.54, 1.807) is 23.0 Å². The van der Waals surface area contributed by atoms with E-state index in [0.29, 0.717) is 12.1 Å². The van der Waals surface area contributed by atoms with Crippen molar-refractivity contribution in [2.75, 3.05) is 5.01 Å². The molecule has 1 aromatic heterocycles. The van der Waals surface area contributed by atoms with Crippen LogP contribution in [0.15, 0.2) is 60.8 Å². The van der Waals surface area contributed by atoms with Gasteiger partial charge in [0, 0.05) is 11.6 Å². The van der Waals surface area contributed by atoms with Crippen LogP contribution in [0, 0.1) is 5.82 Å². The monoisotopic (exact) mass is 254 g/mol.